The van der Waals surface area contributed by atoms with Gasteiger partial charge in [0, 0.05) is 11.3 Å². The van der Waals surface area contributed by atoms with Gasteiger partial charge in [-0.05, 0) is 88.4 Å². The van der Waals surface area contributed by atoms with Crippen LogP contribution in [0, 0.1) is 62.7 Å². The third kappa shape index (κ3) is 20.8. The van der Waals surface area contributed by atoms with Crippen molar-refractivity contribution >= 4 is 59.1 Å². The Balaban J connectivity index is 0.000000775. The zero-order valence-corrected chi connectivity index (χ0v) is 35.2. The van der Waals surface area contributed by atoms with Gasteiger partial charge < -0.3 is 19.8 Å². The van der Waals surface area contributed by atoms with E-state index >= 15 is 0 Å². The predicted molar refractivity (Wildman–Crippen MR) is 199 cm³/mol. The van der Waals surface area contributed by atoms with Gasteiger partial charge in [-0.3, -0.25) is 4.55 Å². The van der Waals surface area contributed by atoms with E-state index in [0.717, 1.165) is 0 Å². The Morgan fingerprint density at radius 3 is 0.767 bits per heavy atom. The quantitative estimate of drug-likeness (QED) is 0.0830. The van der Waals surface area contributed by atoms with Gasteiger partial charge in [-0.25, -0.2) is 0 Å². The maximum Gasteiger partial charge on any atom is 2.00 e. The number of halogens is 9. The molecule has 0 heterocycles. The second-order valence-electron chi connectivity index (χ2n) is 10.8. The molecule has 4 aromatic rings. The number of hydrogen-bond acceptors (Lipinski definition) is 6. The van der Waals surface area contributed by atoms with Crippen molar-refractivity contribution < 1.29 is 110 Å². The zero-order chi connectivity index (χ0) is 43.6. The molecule has 0 unspecified atom stereocenters. The maximum atomic E-state index is 10.7. The summed E-state index contributed by atoms with van der Waals surface area (Å²) in [7, 11) is -6.66. The van der Waals surface area contributed by atoms with Gasteiger partial charge in [0.2, 0.25) is 0 Å². The van der Waals surface area contributed by atoms with Crippen LogP contribution in [-0.4, -0.2) is 42.8 Å². The molecule has 21 heteroatoms. The fourth-order valence-electron chi connectivity index (χ4n) is 4.23. The molecule has 4 aromatic carbocycles. The summed E-state index contributed by atoms with van der Waals surface area (Å²) < 4.78 is 121. The van der Waals surface area contributed by atoms with E-state index in [1.54, 1.807) is 0 Å². The molecular weight excluding hydrogens is 1010 g/mol. The van der Waals surface area contributed by atoms with Gasteiger partial charge in [-0.1, -0.05) is 121 Å². The SMILES string of the molecule is O=C([O-])C(F)(F)F.O=C([O-])C(F)(F)F.O=S(=O)(O)C(F)(F)F.[CH]1[CH][CH][C](P(c2ccccc2)c2ccccc2)[CH]1.[CH]1[CH][CH][C](P(c2ccccc2)c2ccccc2)[CH]1.[Fe+2].[Pd+2]. The van der Waals surface area contributed by atoms with Gasteiger partial charge >= 0.3 is 65.5 Å². The molecule has 2 aliphatic rings. The minimum Gasteiger partial charge on any atom is -0.542 e. The van der Waals surface area contributed by atoms with Crippen LogP contribution in [0.15, 0.2) is 121 Å². The van der Waals surface area contributed by atoms with Crippen molar-refractivity contribution in [3.8, 4) is 0 Å². The van der Waals surface area contributed by atoms with Gasteiger partial charge in [0.15, 0.2) is 0 Å². The third-order valence-corrected chi connectivity index (χ3v) is 12.1. The van der Waals surface area contributed by atoms with Gasteiger partial charge in [0.1, 0.15) is 11.9 Å². The summed E-state index contributed by atoms with van der Waals surface area (Å²) in [6.45, 7) is 0. The molecule has 7 nitrogen and oxygen atoms in total. The van der Waals surface area contributed by atoms with Crippen molar-refractivity contribution in [1.29, 1.82) is 0 Å². The molecule has 1 N–H and O–H groups in total. The van der Waals surface area contributed by atoms with Gasteiger partial charge in [0.25, 0.3) is 0 Å². The number of carboxylic acids is 2. The van der Waals surface area contributed by atoms with Crippen LogP contribution in [0.2, 0.25) is 0 Å². The van der Waals surface area contributed by atoms with E-state index in [2.05, 4.69) is 173 Å². The molecular formula is C39H29F9FeO7P2PdS+2. The van der Waals surface area contributed by atoms with Crippen molar-refractivity contribution in [2.45, 2.75) is 17.9 Å². The maximum absolute atomic E-state index is 10.7. The monoisotopic (exact) mass is 1040 g/mol. The minimum absolute atomic E-state index is 0. The van der Waals surface area contributed by atoms with Crippen LogP contribution in [0.5, 0.6) is 0 Å². The Labute approximate surface area is 368 Å². The second-order valence-corrected chi connectivity index (χ2v) is 16.6. The number of carboxylic acid groups (broad SMARTS) is 2. The summed E-state index contributed by atoms with van der Waals surface area (Å²) in [4.78, 5) is 17.6. The molecule has 2 fully saturated rings. The van der Waals surface area contributed by atoms with E-state index in [0.29, 0.717) is 0 Å². The Morgan fingerprint density at radius 1 is 0.467 bits per heavy atom. The number of rotatable bonds is 6. The van der Waals surface area contributed by atoms with Crippen molar-refractivity contribution in [1.82, 2.24) is 0 Å². The molecule has 0 atom stereocenters. The van der Waals surface area contributed by atoms with Crippen molar-refractivity contribution in [3.63, 3.8) is 0 Å². The van der Waals surface area contributed by atoms with E-state index in [-0.39, 0.29) is 37.5 Å². The Hall–Kier alpha value is -2.86. The molecule has 0 bridgehead atoms. The molecule has 60 heavy (non-hydrogen) atoms. The number of aliphatic carboxylic acids is 2. The standard InChI is InChI=1S/2C17H14P.2C2HF3O2.CHF3O3S.Fe.Pd/c2*1-3-9-15(10-4-1)18(17-13-7-8-14-17)16-11-5-2-6-12-16;2*3-2(4,5)1(6)7;2-1(3,4)8(5,6)7;;/h2*1-14H;2*(H,6,7);(H,5,6,7);;/q;;;;;2*+2/p-2. The Kier molecular flexibility index (Phi) is 26.0. The Morgan fingerprint density at radius 2 is 0.633 bits per heavy atom. The predicted octanol–water partition coefficient (Wildman–Crippen LogP) is 5.95. The molecule has 0 aromatic heterocycles. The topological polar surface area (TPSA) is 135 Å². The third-order valence-electron chi connectivity index (χ3n) is 6.62. The van der Waals surface area contributed by atoms with E-state index in [1.807, 2.05) is 0 Å². The van der Waals surface area contributed by atoms with E-state index in [9.17, 15) is 39.5 Å². The zero-order valence-electron chi connectivity index (χ0n) is 29.9. The summed E-state index contributed by atoms with van der Waals surface area (Å²) in [6.07, 6.45) is 7.01. The number of alkyl halides is 9. The number of carbonyl (C=O) groups is 2. The molecule has 0 spiro atoms. The van der Waals surface area contributed by atoms with Crippen molar-refractivity contribution in [2.75, 3.05) is 0 Å². The molecule has 0 saturated heterocycles. The van der Waals surface area contributed by atoms with Crippen LogP contribution in [0.1, 0.15) is 0 Å². The first-order chi connectivity index (χ1) is 27.0. The van der Waals surface area contributed by atoms with Crippen LogP contribution < -0.4 is 31.4 Å². The van der Waals surface area contributed by atoms with Crippen LogP contribution >= 0.6 is 15.8 Å². The average molecular weight is 1040 g/mol. The largest absolute Gasteiger partial charge is 2.00 e. The first-order valence-electron chi connectivity index (χ1n) is 15.9. The summed E-state index contributed by atoms with van der Waals surface area (Å²) >= 11 is 0. The molecule has 0 amide bonds. The number of carbonyl (C=O) groups excluding carboxylic acids is 2. The molecule has 6 rings (SSSR count). The molecule has 10 radical (unpaired) electrons. The number of hydrogen-bond donors (Lipinski definition) is 1. The van der Waals surface area contributed by atoms with Crippen molar-refractivity contribution in [3.05, 3.63) is 184 Å². The van der Waals surface area contributed by atoms with Crippen LogP contribution in [0.4, 0.5) is 39.5 Å². The fraction of sp³-hybridized carbons (Fsp3) is 0.0769. The second kappa shape index (κ2) is 27.3. The number of benzene rings is 4. The van der Waals surface area contributed by atoms with Crippen LogP contribution in [-0.2, 0) is 57.2 Å². The molecule has 322 valence electrons. The van der Waals surface area contributed by atoms with E-state index in [1.165, 1.54) is 32.5 Å². The van der Waals surface area contributed by atoms with E-state index < -0.39 is 55.8 Å². The first-order valence-corrected chi connectivity index (χ1v) is 20.0. The smallest absolute Gasteiger partial charge is 0.542 e. The minimum atomic E-state index is -5.84. The summed E-state index contributed by atoms with van der Waals surface area (Å²) in [5.74, 6) is -6.01. The summed E-state index contributed by atoms with van der Waals surface area (Å²) in [5.41, 5.74) is -2.70. The van der Waals surface area contributed by atoms with Gasteiger partial charge in [-0.15, -0.1) is 0 Å². The summed E-state index contributed by atoms with van der Waals surface area (Å²) in [5, 5.41) is 23.2. The molecule has 0 aliphatic heterocycles. The van der Waals surface area contributed by atoms with Crippen LogP contribution in [0.25, 0.3) is 0 Å². The molecule has 2 saturated carbocycles. The fourth-order valence-corrected chi connectivity index (χ4v) is 8.84. The molecule has 2 aliphatic carbocycles. The first kappa shape index (κ1) is 57.1. The van der Waals surface area contributed by atoms with Gasteiger partial charge in [0.05, 0.1) is 0 Å². The Bertz CT molecular complexity index is 1710. The average Bonchev–Trinajstić information content (AvgIpc) is 3.89. The van der Waals surface area contributed by atoms with Crippen molar-refractivity contribution in [2.24, 2.45) is 0 Å². The summed E-state index contributed by atoms with van der Waals surface area (Å²) in [6, 6.07) is 43.1. The van der Waals surface area contributed by atoms with Crippen LogP contribution in [0.3, 0.4) is 0 Å². The normalized spacial score (nSPS) is 14.3. The van der Waals surface area contributed by atoms with E-state index in [4.69, 9.17) is 32.8 Å². The van der Waals surface area contributed by atoms with Gasteiger partial charge in [-0.2, -0.15) is 47.9 Å².